The first-order chi connectivity index (χ1) is 13.8. The summed E-state index contributed by atoms with van der Waals surface area (Å²) >= 11 is 0. The number of hydrogen-bond donors (Lipinski definition) is 0. The summed E-state index contributed by atoms with van der Waals surface area (Å²) < 4.78 is 5.06. The van der Waals surface area contributed by atoms with Crippen LogP contribution in [-0.2, 0) is 24.3 Å². The van der Waals surface area contributed by atoms with Crippen LogP contribution in [0.5, 0.6) is 0 Å². The van der Waals surface area contributed by atoms with Crippen molar-refractivity contribution in [3.05, 3.63) is 83.0 Å². The molecule has 0 saturated heterocycles. The quantitative estimate of drug-likeness (QED) is 0.462. The van der Waals surface area contributed by atoms with Gasteiger partial charge in [-0.3, -0.25) is 9.78 Å². The summed E-state index contributed by atoms with van der Waals surface area (Å²) in [6, 6.07) is 10.2. The number of ether oxygens (including phenoxy) is 1. The first-order valence-electron chi connectivity index (χ1n) is 8.97. The molecule has 2 aromatic carbocycles. The fourth-order valence-corrected chi connectivity index (χ4v) is 2.22. The average Bonchev–Trinajstić information content (AvgIpc) is 2.71. The monoisotopic (exact) mass is 400 g/mol. The molecule has 0 N–H and O–H groups in total. The highest BCUT2D eigenvalue weighted by molar-refractivity contribution is 5.89. The number of aryl methyl sites for hydroxylation is 4. The largest absolute Gasteiger partial charge is 0.375 e. The summed E-state index contributed by atoms with van der Waals surface area (Å²) in [7, 11) is 0. The van der Waals surface area contributed by atoms with E-state index in [0.717, 1.165) is 22.3 Å². The van der Waals surface area contributed by atoms with Gasteiger partial charge in [0.1, 0.15) is 6.61 Å². The average molecular weight is 400 g/mol. The van der Waals surface area contributed by atoms with Gasteiger partial charge in [-0.25, -0.2) is 9.59 Å². The lowest BCUT2D eigenvalue weighted by Crippen LogP contribution is -2.20. The van der Waals surface area contributed by atoms with Crippen molar-refractivity contribution in [1.29, 1.82) is 0 Å². The van der Waals surface area contributed by atoms with Gasteiger partial charge >= 0.3 is 18.2 Å². The molecule has 7 heteroatoms. The molecule has 0 unspecified atom stereocenters. The molecule has 154 valence electrons. The van der Waals surface area contributed by atoms with Gasteiger partial charge in [0.25, 0.3) is 0 Å². The van der Waals surface area contributed by atoms with E-state index in [4.69, 9.17) is 24.3 Å². The molecule has 0 heterocycles. The van der Waals surface area contributed by atoms with E-state index in [2.05, 4.69) is 6.92 Å². The minimum absolute atomic E-state index is 0.104. The summed E-state index contributed by atoms with van der Waals surface area (Å²) in [6.45, 7) is 11.0. The SMILES string of the molecule is [CH2]COC[C](OOC(=O)c1ccc(C)c(C)c1)OOC(=O)c1ccc(C)c(C)c1. The van der Waals surface area contributed by atoms with E-state index in [-0.39, 0.29) is 19.5 Å². The number of benzene rings is 2. The maximum Gasteiger partial charge on any atom is 0.373 e. The van der Waals surface area contributed by atoms with Gasteiger partial charge in [-0.15, -0.1) is 9.78 Å². The van der Waals surface area contributed by atoms with Crippen LogP contribution in [0.3, 0.4) is 0 Å². The lowest BCUT2D eigenvalue weighted by atomic mass is 10.1. The van der Waals surface area contributed by atoms with Crippen LogP contribution in [0.2, 0.25) is 0 Å². The van der Waals surface area contributed by atoms with Crippen LogP contribution in [0.15, 0.2) is 36.4 Å². The predicted molar refractivity (Wildman–Crippen MR) is 104 cm³/mol. The molecule has 7 nitrogen and oxygen atoms in total. The Balaban J connectivity index is 1.93. The lowest BCUT2D eigenvalue weighted by molar-refractivity contribution is -0.368. The zero-order valence-electron chi connectivity index (χ0n) is 16.9. The van der Waals surface area contributed by atoms with Crippen LogP contribution in [0.1, 0.15) is 43.0 Å². The van der Waals surface area contributed by atoms with Gasteiger partial charge in [0.15, 0.2) is 0 Å². The molecule has 0 bridgehead atoms. The Kier molecular flexibility index (Phi) is 8.33. The van der Waals surface area contributed by atoms with Crippen LogP contribution >= 0.6 is 0 Å². The second-order valence-corrected chi connectivity index (χ2v) is 6.43. The van der Waals surface area contributed by atoms with Crippen molar-refractivity contribution in [1.82, 2.24) is 0 Å². The Morgan fingerprint density at radius 1 is 0.724 bits per heavy atom. The van der Waals surface area contributed by atoms with Crippen LogP contribution in [0.25, 0.3) is 0 Å². The highest BCUT2D eigenvalue weighted by atomic mass is 17.3. The molecule has 0 aliphatic carbocycles. The summed E-state index contributed by atoms with van der Waals surface area (Å²) in [6.07, 6.45) is -0.358. The molecule has 0 amide bonds. The van der Waals surface area contributed by atoms with Crippen molar-refractivity contribution in [2.24, 2.45) is 0 Å². The van der Waals surface area contributed by atoms with Crippen molar-refractivity contribution in [2.75, 3.05) is 13.2 Å². The van der Waals surface area contributed by atoms with Gasteiger partial charge < -0.3 is 4.74 Å². The second kappa shape index (κ2) is 10.7. The fourth-order valence-electron chi connectivity index (χ4n) is 2.22. The molecule has 0 aliphatic rings. The van der Waals surface area contributed by atoms with E-state index < -0.39 is 11.9 Å². The van der Waals surface area contributed by atoms with E-state index in [1.807, 2.05) is 27.7 Å². The number of hydrogen-bond acceptors (Lipinski definition) is 7. The molecule has 2 aromatic rings. The van der Waals surface area contributed by atoms with Crippen molar-refractivity contribution in [3.63, 3.8) is 0 Å². The summed E-state index contributed by atoms with van der Waals surface area (Å²) in [5.41, 5.74) is 4.56. The van der Waals surface area contributed by atoms with Gasteiger partial charge in [-0.05, 0) is 81.1 Å². The Labute approximate surface area is 170 Å². The van der Waals surface area contributed by atoms with Crippen molar-refractivity contribution < 1.29 is 33.9 Å². The van der Waals surface area contributed by atoms with E-state index in [0.29, 0.717) is 11.1 Å². The van der Waals surface area contributed by atoms with E-state index in [1.165, 1.54) is 0 Å². The molecule has 29 heavy (non-hydrogen) atoms. The highest BCUT2D eigenvalue weighted by Gasteiger charge is 2.22. The molecular formula is C22H24O7. The van der Waals surface area contributed by atoms with Crippen LogP contribution in [0.4, 0.5) is 0 Å². The maximum atomic E-state index is 12.1. The second-order valence-electron chi connectivity index (χ2n) is 6.43. The summed E-state index contributed by atoms with van der Waals surface area (Å²) in [5.74, 6) is -1.46. The molecule has 0 fully saturated rings. The Bertz CT molecular complexity index is 793. The molecule has 2 radical (unpaired) electrons. The fraction of sp³-hybridized carbons (Fsp3) is 0.273. The molecule has 2 rings (SSSR count). The zero-order chi connectivity index (χ0) is 21.4. The maximum absolute atomic E-state index is 12.1. The number of carbonyl (C=O) groups is 2. The van der Waals surface area contributed by atoms with Crippen molar-refractivity contribution in [3.8, 4) is 0 Å². The first-order valence-corrected chi connectivity index (χ1v) is 8.97. The molecule has 0 aromatic heterocycles. The topological polar surface area (TPSA) is 80.3 Å². The van der Waals surface area contributed by atoms with Gasteiger partial charge in [0.2, 0.25) is 0 Å². The van der Waals surface area contributed by atoms with Gasteiger partial charge in [-0.2, -0.15) is 0 Å². The minimum Gasteiger partial charge on any atom is -0.375 e. The predicted octanol–water partition coefficient (Wildman–Crippen LogP) is 4.14. The highest BCUT2D eigenvalue weighted by Crippen LogP contribution is 2.15. The molecule has 0 spiro atoms. The van der Waals surface area contributed by atoms with Crippen LogP contribution < -0.4 is 0 Å². The third-order valence-electron chi connectivity index (χ3n) is 4.27. The lowest BCUT2D eigenvalue weighted by Gasteiger charge is -2.13. The summed E-state index contributed by atoms with van der Waals surface area (Å²) in [5, 5.41) is 0. The Hall–Kier alpha value is -2.74. The van der Waals surface area contributed by atoms with E-state index in [1.54, 1.807) is 36.4 Å². The minimum atomic E-state index is -0.732. The Morgan fingerprint density at radius 3 is 1.55 bits per heavy atom. The van der Waals surface area contributed by atoms with Crippen LogP contribution in [0, 0.1) is 40.9 Å². The third kappa shape index (κ3) is 6.67. The van der Waals surface area contributed by atoms with Crippen molar-refractivity contribution >= 4 is 11.9 Å². The van der Waals surface area contributed by atoms with E-state index in [9.17, 15) is 9.59 Å². The Morgan fingerprint density at radius 2 is 1.17 bits per heavy atom. The normalized spacial score (nSPS) is 10.8. The smallest absolute Gasteiger partial charge is 0.373 e. The molecule has 0 atom stereocenters. The standard InChI is InChI=1S/C22H24O7/c1-6-25-13-20(26-28-21(23)18-9-7-14(2)16(4)11-18)27-29-22(24)19-10-8-15(3)17(5)12-19/h7-12H,1,6,13H2,2-5H3. The van der Waals surface area contributed by atoms with Gasteiger partial charge in [0.05, 0.1) is 11.1 Å². The number of rotatable bonds is 9. The molecular weight excluding hydrogens is 376 g/mol. The first kappa shape index (κ1) is 22.5. The van der Waals surface area contributed by atoms with E-state index >= 15 is 0 Å². The van der Waals surface area contributed by atoms with Gasteiger partial charge in [-0.1, -0.05) is 12.1 Å². The number of carbonyl (C=O) groups excluding carboxylic acids is 2. The van der Waals surface area contributed by atoms with Crippen LogP contribution in [-0.4, -0.2) is 25.2 Å². The summed E-state index contributed by atoms with van der Waals surface area (Å²) in [4.78, 5) is 43.6. The zero-order valence-corrected chi connectivity index (χ0v) is 16.9. The van der Waals surface area contributed by atoms with Gasteiger partial charge in [0, 0.05) is 6.61 Å². The molecule has 0 aliphatic heterocycles. The molecule has 0 saturated carbocycles. The third-order valence-corrected chi connectivity index (χ3v) is 4.27. The van der Waals surface area contributed by atoms with Crippen molar-refractivity contribution in [2.45, 2.75) is 27.7 Å².